The van der Waals surface area contributed by atoms with Crippen LogP contribution in [-0.2, 0) is 0 Å². The molecular weight excluding hydrogens is 132 g/mol. The van der Waals surface area contributed by atoms with Crippen LogP contribution in [0.4, 0.5) is 0 Å². The monoisotopic (exact) mass is 136 g/mol. The summed E-state index contributed by atoms with van der Waals surface area (Å²) in [5, 5.41) is 18.0. The third-order valence-corrected chi connectivity index (χ3v) is 1.18. The second-order valence-corrected chi connectivity index (χ2v) is 1.93. The molecule has 0 atom stereocenters. The molecule has 0 bridgehead atoms. The normalized spacial score (nSPS) is 21.4. The van der Waals surface area contributed by atoms with Gasteiger partial charge in [0.15, 0.2) is 0 Å². The molecule has 0 aromatic heterocycles. The lowest BCUT2D eigenvalue weighted by atomic mass is 10.2. The van der Waals surface area contributed by atoms with Crippen molar-refractivity contribution in [3.8, 4) is 0 Å². The molecule has 0 radical (unpaired) electrons. The molecule has 2 aliphatic heterocycles. The van der Waals surface area contributed by atoms with Crippen molar-refractivity contribution in [2.45, 2.75) is 6.42 Å². The molecule has 0 aromatic rings. The first-order valence-corrected chi connectivity index (χ1v) is 2.74. The quantitative estimate of drug-likeness (QED) is 0.494. The van der Waals surface area contributed by atoms with Crippen molar-refractivity contribution in [3.63, 3.8) is 0 Å². The molecule has 0 spiro atoms. The molecule has 2 N–H and O–H groups in total. The Morgan fingerprint density at radius 1 is 1.20 bits per heavy atom. The van der Waals surface area contributed by atoms with E-state index in [1.165, 1.54) is 0 Å². The summed E-state index contributed by atoms with van der Waals surface area (Å²) in [7, 11) is 0. The maximum Gasteiger partial charge on any atom is 0.221 e. The minimum absolute atomic E-state index is 0.454. The maximum absolute atomic E-state index is 5.37. The molecule has 2 rings (SSSR count). The van der Waals surface area contributed by atoms with Gasteiger partial charge in [0.05, 0.1) is 6.42 Å². The lowest BCUT2D eigenvalue weighted by molar-refractivity contribution is 1.12. The van der Waals surface area contributed by atoms with Gasteiger partial charge in [0.25, 0.3) is 0 Å². The number of hydrogen-bond acceptors (Lipinski definition) is 6. The molecule has 2 heterocycles. The first-order chi connectivity index (χ1) is 4.86. The smallest absolute Gasteiger partial charge is 0.221 e. The zero-order chi connectivity index (χ0) is 6.97. The Kier molecular flexibility index (Phi) is 0.883. The predicted molar refractivity (Wildman–Crippen MR) is 36.0 cm³/mol. The molecule has 0 aromatic carbocycles. The molecule has 0 fully saturated rings. The zero-order valence-electron chi connectivity index (χ0n) is 5.02. The van der Waals surface area contributed by atoms with Crippen molar-refractivity contribution < 1.29 is 0 Å². The Bertz CT molecular complexity index is 282. The number of rotatable bonds is 0. The van der Waals surface area contributed by atoms with E-state index < -0.39 is 0 Å². The van der Waals surface area contributed by atoms with Crippen molar-refractivity contribution in [2.75, 3.05) is 0 Å². The molecule has 10 heavy (non-hydrogen) atoms. The Hall–Kier alpha value is -1.59. The van der Waals surface area contributed by atoms with Crippen LogP contribution in [0.3, 0.4) is 0 Å². The molecular formula is C4H4N6. The van der Waals surface area contributed by atoms with Crippen LogP contribution in [0.15, 0.2) is 25.6 Å². The van der Waals surface area contributed by atoms with E-state index in [2.05, 4.69) is 25.6 Å². The fourth-order valence-corrected chi connectivity index (χ4v) is 0.732. The van der Waals surface area contributed by atoms with Gasteiger partial charge in [0, 0.05) is 0 Å². The van der Waals surface area contributed by atoms with Crippen LogP contribution in [-0.4, -0.2) is 17.4 Å². The third kappa shape index (κ3) is 0.619. The lowest BCUT2D eigenvalue weighted by Gasteiger charge is -2.01. The topological polar surface area (TPSA) is 87.8 Å². The van der Waals surface area contributed by atoms with Crippen LogP contribution in [0.5, 0.6) is 0 Å². The van der Waals surface area contributed by atoms with Crippen molar-refractivity contribution >= 4 is 17.4 Å². The predicted octanol–water partition coefficient (Wildman–Crippen LogP) is -0.117. The van der Waals surface area contributed by atoms with E-state index in [1.807, 2.05) is 0 Å². The highest BCUT2D eigenvalue weighted by atomic mass is 15.4. The number of nitrogens with zero attached hydrogens (tertiary/aromatic N) is 5. The van der Waals surface area contributed by atoms with Gasteiger partial charge in [-0.05, 0) is 5.22 Å². The minimum Gasteiger partial charge on any atom is -0.385 e. The van der Waals surface area contributed by atoms with Gasteiger partial charge in [-0.3, -0.25) is 0 Å². The highest BCUT2D eigenvalue weighted by molar-refractivity contribution is 6.46. The molecule has 6 nitrogen and oxygen atoms in total. The van der Waals surface area contributed by atoms with Crippen LogP contribution in [0, 0.1) is 0 Å². The average Bonchev–Trinajstić information content (AvgIpc) is 2.33. The fourth-order valence-electron chi connectivity index (χ4n) is 0.732. The van der Waals surface area contributed by atoms with E-state index in [1.54, 1.807) is 0 Å². The number of hydrogen-bond donors (Lipinski definition) is 1. The standard InChI is InChI=1S/C4H4N6/c5-3-1-2-4(8-7-3)9-10-6-2/h1H2,(H2,5,7). The summed E-state index contributed by atoms with van der Waals surface area (Å²) >= 11 is 0. The van der Waals surface area contributed by atoms with Crippen molar-refractivity contribution in [1.82, 2.24) is 0 Å². The van der Waals surface area contributed by atoms with E-state index >= 15 is 0 Å². The van der Waals surface area contributed by atoms with Crippen LogP contribution in [0.1, 0.15) is 6.42 Å². The first kappa shape index (κ1) is 5.21. The fraction of sp³-hybridized carbons (Fsp3) is 0.250. The molecule has 0 amide bonds. The van der Waals surface area contributed by atoms with E-state index in [0.29, 0.717) is 23.8 Å². The largest absolute Gasteiger partial charge is 0.385 e. The SMILES string of the molecule is NC1=NN=C2N=NN=C2C1. The molecule has 6 heteroatoms. The van der Waals surface area contributed by atoms with Gasteiger partial charge in [0.1, 0.15) is 11.5 Å². The van der Waals surface area contributed by atoms with E-state index in [-0.39, 0.29) is 0 Å². The lowest BCUT2D eigenvalue weighted by Crippen LogP contribution is -2.23. The van der Waals surface area contributed by atoms with Gasteiger partial charge in [-0.1, -0.05) is 0 Å². The second kappa shape index (κ2) is 1.69. The van der Waals surface area contributed by atoms with Gasteiger partial charge in [-0.25, -0.2) is 0 Å². The number of nitrogens with two attached hydrogens (primary N) is 1. The van der Waals surface area contributed by atoms with Gasteiger partial charge in [-0.2, -0.15) is 0 Å². The molecule has 0 aliphatic carbocycles. The van der Waals surface area contributed by atoms with Crippen molar-refractivity contribution in [3.05, 3.63) is 0 Å². The van der Waals surface area contributed by atoms with E-state index in [4.69, 9.17) is 5.73 Å². The average molecular weight is 136 g/mol. The Labute approximate surface area is 56.2 Å². The van der Waals surface area contributed by atoms with Gasteiger partial charge in [0.2, 0.25) is 5.84 Å². The number of amidine groups is 2. The zero-order valence-corrected chi connectivity index (χ0v) is 5.02. The summed E-state index contributed by atoms with van der Waals surface area (Å²) in [6.45, 7) is 0. The Morgan fingerprint density at radius 3 is 3.00 bits per heavy atom. The van der Waals surface area contributed by atoms with Gasteiger partial charge < -0.3 is 5.73 Å². The summed E-state index contributed by atoms with van der Waals surface area (Å²) in [4.78, 5) is 0. The summed E-state index contributed by atoms with van der Waals surface area (Å²) in [6, 6.07) is 0. The Balaban J connectivity index is 2.42. The number of fused-ring (bicyclic) bond motifs is 1. The molecule has 50 valence electrons. The van der Waals surface area contributed by atoms with Gasteiger partial charge in [-0.15, -0.1) is 20.4 Å². The van der Waals surface area contributed by atoms with Crippen LogP contribution in [0.25, 0.3) is 0 Å². The van der Waals surface area contributed by atoms with Crippen LogP contribution in [0.2, 0.25) is 0 Å². The third-order valence-electron chi connectivity index (χ3n) is 1.18. The summed E-state index contributed by atoms with van der Waals surface area (Å²) in [5.41, 5.74) is 6.07. The summed E-state index contributed by atoms with van der Waals surface area (Å²) < 4.78 is 0. The summed E-state index contributed by atoms with van der Waals surface area (Å²) in [6.07, 6.45) is 0.506. The van der Waals surface area contributed by atoms with Crippen LogP contribution >= 0.6 is 0 Å². The maximum atomic E-state index is 5.37. The van der Waals surface area contributed by atoms with E-state index in [9.17, 15) is 0 Å². The van der Waals surface area contributed by atoms with Gasteiger partial charge >= 0.3 is 0 Å². The van der Waals surface area contributed by atoms with Crippen molar-refractivity contribution in [1.29, 1.82) is 0 Å². The van der Waals surface area contributed by atoms with Crippen LogP contribution < -0.4 is 5.73 Å². The Morgan fingerprint density at radius 2 is 2.10 bits per heavy atom. The van der Waals surface area contributed by atoms with E-state index in [0.717, 1.165) is 0 Å². The van der Waals surface area contributed by atoms with Crippen molar-refractivity contribution in [2.24, 2.45) is 31.4 Å². The minimum atomic E-state index is 0.454. The molecule has 0 saturated heterocycles. The summed E-state index contributed by atoms with van der Waals surface area (Å²) in [5.74, 6) is 0.934. The molecule has 2 aliphatic rings. The second-order valence-electron chi connectivity index (χ2n) is 1.93. The highest BCUT2D eigenvalue weighted by Gasteiger charge is 2.18. The highest BCUT2D eigenvalue weighted by Crippen LogP contribution is 2.07. The molecule has 0 unspecified atom stereocenters. The molecule has 0 saturated carbocycles. The first-order valence-electron chi connectivity index (χ1n) is 2.74.